The van der Waals surface area contributed by atoms with Crippen molar-refractivity contribution in [3.8, 4) is 0 Å². The number of rotatable bonds is 4. The molecule has 1 aromatic heterocycles. The highest BCUT2D eigenvalue weighted by Gasteiger charge is 2.07. The zero-order valence-electron chi connectivity index (χ0n) is 10.2. The SMILES string of the molecule is CCc1cccc2ccn(CC(C)OC)c12. The molecule has 0 spiro atoms. The Hall–Kier alpha value is -1.28. The molecule has 0 fully saturated rings. The van der Waals surface area contributed by atoms with Crippen LogP contribution >= 0.6 is 0 Å². The molecule has 0 aliphatic heterocycles. The zero-order chi connectivity index (χ0) is 11.5. The van der Waals surface area contributed by atoms with Gasteiger partial charge in [0.15, 0.2) is 0 Å². The van der Waals surface area contributed by atoms with Crippen molar-refractivity contribution in [3.05, 3.63) is 36.0 Å². The molecular weight excluding hydrogens is 198 g/mol. The number of aromatic nitrogens is 1. The number of hydrogen-bond acceptors (Lipinski definition) is 1. The minimum absolute atomic E-state index is 0.250. The summed E-state index contributed by atoms with van der Waals surface area (Å²) >= 11 is 0. The molecule has 1 unspecified atom stereocenters. The van der Waals surface area contributed by atoms with Crippen LogP contribution in [0.15, 0.2) is 30.5 Å². The summed E-state index contributed by atoms with van der Waals surface area (Å²) in [6, 6.07) is 8.68. The van der Waals surface area contributed by atoms with Crippen LogP contribution in [0.3, 0.4) is 0 Å². The maximum absolute atomic E-state index is 5.33. The van der Waals surface area contributed by atoms with Crippen LogP contribution in [0.1, 0.15) is 19.4 Å². The second-order valence-electron chi connectivity index (χ2n) is 4.22. The number of aryl methyl sites for hydroxylation is 1. The minimum atomic E-state index is 0.250. The molecule has 0 saturated carbocycles. The molecule has 0 N–H and O–H groups in total. The van der Waals surface area contributed by atoms with E-state index in [0.29, 0.717) is 0 Å². The van der Waals surface area contributed by atoms with Crippen LogP contribution in [-0.2, 0) is 17.7 Å². The molecule has 86 valence electrons. The molecule has 0 radical (unpaired) electrons. The number of benzene rings is 1. The van der Waals surface area contributed by atoms with Crippen LogP contribution < -0.4 is 0 Å². The van der Waals surface area contributed by atoms with E-state index in [2.05, 4.69) is 48.9 Å². The van der Waals surface area contributed by atoms with E-state index in [9.17, 15) is 0 Å². The monoisotopic (exact) mass is 217 g/mol. The molecule has 2 aromatic rings. The lowest BCUT2D eigenvalue weighted by atomic mass is 10.1. The zero-order valence-corrected chi connectivity index (χ0v) is 10.2. The van der Waals surface area contributed by atoms with Gasteiger partial charge in [-0.05, 0) is 30.4 Å². The number of methoxy groups -OCH3 is 1. The van der Waals surface area contributed by atoms with Crippen molar-refractivity contribution in [3.63, 3.8) is 0 Å². The van der Waals surface area contributed by atoms with Crippen molar-refractivity contribution in [2.75, 3.05) is 7.11 Å². The number of hydrogen-bond donors (Lipinski definition) is 0. The molecule has 16 heavy (non-hydrogen) atoms. The van der Waals surface area contributed by atoms with Gasteiger partial charge < -0.3 is 9.30 Å². The Balaban J connectivity index is 2.45. The molecule has 2 rings (SSSR count). The Morgan fingerprint density at radius 3 is 2.81 bits per heavy atom. The van der Waals surface area contributed by atoms with E-state index in [1.807, 2.05) is 0 Å². The maximum atomic E-state index is 5.33. The fourth-order valence-electron chi connectivity index (χ4n) is 2.13. The van der Waals surface area contributed by atoms with Crippen LogP contribution in [0, 0.1) is 0 Å². The number of ether oxygens (including phenoxy) is 1. The van der Waals surface area contributed by atoms with Crippen molar-refractivity contribution >= 4 is 10.9 Å². The standard InChI is InChI=1S/C14H19NO/c1-4-12-6-5-7-13-8-9-15(14(12)13)10-11(2)16-3/h5-9,11H,4,10H2,1-3H3. The van der Waals surface area contributed by atoms with Crippen molar-refractivity contribution < 1.29 is 4.74 Å². The van der Waals surface area contributed by atoms with Gasteiger partial charge in [-0.2, -0.15) is 0 Å². The van der Waals surface area contributed by atoms with Gasteiger partial charge in [0.25, 0.3) is 0 Å². The summed E-state index contributed by atoms with van der Waals surface area (Å²) in [6.07, 6.45) is 3.47. The Bertz CT molecular complexity index is 473. The lowest BCUT2D eigenvalue weighted by molar-refractivity contribution is 0.104. The Morgan fingerprint density at radius 1 is 1.31 bits per heavy atom. The van der Waals surface area contributed by atoms with Gasteiger partial charge in [0, 0.05) is 19.9 Å². The average molecular weight is 217 g/mol. The van der Waals surface area contributed by atoms with E-state index in [0.717, 1.165) is 13.0 Å². The quantitative estimate of drug-likeness (QED) is 0.767. The molecule has 1 aromatic carbocycles. The fraction of sp³-hybridized carbons (Fsp3) is 0.429. The summed E-state index contributed by atoms with van der Waals surface area (Å²) in [5.41, 5.74) is 2.76. The third-order valence-electron chi connectivity index (χ3n) is 3.11. The van der Waals surface area contributed by atoms with Gasteiger partial charge in [-0.1, -0.05) is 25.1 Å². The highest BCUT2D eigenvalue weighted by atomic mass is 16.5. The summed E-state index contributed by atoms with van der Waals surface area (Å²) in [5, 5.41) is 1.32. The van der Waals surface area contributed by atoms with E-state index in [-0.39, 0.29) is 6.10 Å². The Kier molecular flexibility index (Phi) is 3.30. The van der Waals surface area contributed by atoms with Crippen molar-refractivity contribution in [2.45, 2.75) is 32.9 Å². The third-order valence-corrected chi connectivity index (χ3v) is 3.11. The maximum Gasteiger partial charge on any atom is 0.0722 e. The van der Waals surface area contributed by atoms with Gasteiger partial charge >= 0.3 is 0 Å². The smallest absolute Gasteiger partial charge is 0.0722 e. The van der Waals surface area contributed by atoms with Gasteiger partial charge in [-0.25, -0.2) is 0 Å². The highest BCUT2D eigenvalue weighted by molar-refractivity contribution is 5.83. The first-order valence-corrected chi connectivity index (χ1v) is 5.85. The van der Waals surface area contributed by atoms with Crippen molar-refractivity contribution in [1.82, 2.24) is 4.57 Å². The summed E-state index contributed by atoms with van der Waals surface area (Å²) in [7, 11) is 1.76. The molecule has 0 aliphatic rings. The summed E-state index contributed by atoms with van der Waals surface area (Å²) in [4.78, 5) is 0. The predicted molar refractivity (Wildman–Crippen MR) is 67.8 cm³/mol. The van der Waals surface area contributed by atoms with Crippen LogP contribution in [0.5, 0.6) is 0 Å². The van der Waals surface area contributed by atoms with E-state index in [4.69, 9.17) is 4.74 Å². The van der Waals surface area contributed by atoms with Gasteiger partial charge in [0.1, 0.15) is 0 Å². The third kappa shape index (κ3) is 1.98. The molecule has 0 amide bonds. The first-order valence-electron chi connectivity index (χ1n) is 5.85. The van der Waals surface area contributed by atoms with Gasteiger partial charge in [-0.3, -0.25) is 0 Å². The first-order chi connectivity index (χ1) is 7.76. The van der Waals surface area contributed by atoms with E-state index < -0.39 is 0 Å². The van der Waals surface area contributed by atoms with Gasteiger partial charge in [0.2, 0.25) is 0 Å². The molecule has 1 atom stereocenters. The molecule has 2 heteroatoms. The van der Waals surface area contributed by atoms with E-state index >= 15 is 0 Å². The fourth-order valence-corrected chi connectivity index (χ4v) is 2.13. The molecular formula is C14H19NO. The Morgan fingerprint density at radius 2 is 2.12 bits per heavy atom. The summed E-state index contributed by atoms with van der Waals surface area (Å²) < 4.78 is 7.62. The second kappa shape index (κ2) is 4.71. The van der Waals surface area contributed by atoms with E-state index in [1.165, 1.54) is 16.5 Å². The summed E-state index contributed by atoms with van der Waals surface area (Å²) in [5.74, 6) is 0. The van der Waals surface area contributed by atoms with Crippen molar-refractivity contribution in [2.24, 2.45) is 0 Å². The number of para-hydroxylation sites is 1. The van der Waals surface area contributed by atoms with Gasteiger partial charge in [-0.15, -0.1) is 0 Å². The Labute approximate surface area is 96.8 Å². The molecule has 0 bridgehead atoms. The average Bonchev–Trinajstić information content (AvgIpc) is 2.72. The van der Waals surface area contributed by atoms with Crippen LogP contribution in [0.4, 0.5) is 0 Å². The van der Waals surface area contributed by atoms with E-state index in [1.54, 1.807) is 7.11 Å². The molecule has 0 aliphatic carbocycles. The number of fused-ring (bicyclic) bond motifs is 1. The minimum Gasteiger partial charge on any atom is -0.380 e. The van der Waals surface area contributed by atoms with Crippen molar-refractivity contribution in [1.29, 1.82) is 0 Å². The first kappa shape index (κ1) is 11.2. The second-order valence-corrected chi connectivity index (χ2v) is 4.22. The lowest BCUT2D eigenvalue weighted by Crippen LogP contribution is -2.14. The van der Waals surface area contributed by atoms with Crippen LogP contribution in [0.2, 0.25) is 0 Å². The topological polar surface area (TPSA) is 14.2 Å². The highest BCUT2D eigenvalue weighted by Crippen LogP contribution is 2.21. The van der Waals surface area contributed by atoms with Crippen LogP contribution in [-0.4, -0.2) is 17.8 Å². The van der Waals surface area contributed by atoms with Crippen LogP contribution in [0.25, 0.3) is 10.9 Å². The predicted octanol–water partition coefficient (Wildman–Crippen LogP) is 3.24. The van der Waals surface area contributed by atoms with Gasteiger partial charge in [0.05, 0.1) is 11.6 Å². The normalized spacial score (nSPS) is 13.2. The summed E-state index contributed by atoms with van der Waals surface area (Å²) in [6.45, 7) is 5.21. The molecule has 2 nitrogen and oxygen atoms in total. The lowest BCUT2D eigenvalue weighted by Gasteiger charge is -2.13. The number of nitrogens with zero attached hydrogens (tertiary/aromatic N) is 1. The largest absolute Gasteiger partial charge is 0.380 e. The molecule has 1 heterocycles. The molecule has 0 saturated heterocycles.